The van der Waals surface area contributed by atoms with Gasteiger partial charge in [-0.1, -0.05) is 12.0 Å². The van der Waals surface area contributed by atoms with Crippen LogP contribution in [0.2, 0.25) is 0 Å². The summed E-state index contributed by atoms with van der Waals surface area (Å²) in [6.07, 6.45) is 0. The fourth-order valence-electron chi connectivity index (χ4n) is 1.23. The van der Waals surface area contributed by atoms with Crippen LogP contribution in [0.25, 0.3) is 0 Å². The normalized spacial score (nSPS) is 12.8. The first-order chi connectivity index (χ1) is 7.69. The minimum Gasteiger partial charge on any atom is -0.407 e. The summed E-state index contributed by atoms with van der Waals surface area (Å²) in [5, 5.41) is 11.1. The number of nitrogens with one attached hydrogen (secondary N) is 1. The molecule has 1 aromatic rings. The van der Waals surface area contributed by atoms with Gasteiger partial charge in [-0.2, -0.15) is 0 Å². The molecule has 0 saturated carbocycles. The molecule has 1 unspecified atom stereocenters. The van der Waals surface area contributed by atoms with Crippen molar-refractivity contribution >= 4 is 6.01 Å². The highest BCUT2D eigenvalue weighted by molar-refractivity contribution is 5.23. The zero-order valence-corrected chi connectivity index (χ0v) is 10.4. The van der Waals surface area contributed by atoms with Crippen LogP contribution in [0.4, 0.5) is 6.01 Å². The van der Waals surface area contributed by atoms with Crippen LogP contribution >= 0.6 is 0 Å². The smallest absolute Gasteiger partial charge is 0.318 e. The van der Waals surface area contributed by atoms with E-state index >= 15 is 0 Å². The predicted octanol–water partition coefficient (Wildman–Crippen LogP) is 0.650. The van der Waals surface area contributed by atoms with Crippen molar-refractivity contribution in [2.45, 2.75) is 26.4 Å². The number of likely N-dealkylation sites (N-methyl/N-ethyl adjacent to an activating group) is 1. The molecule has 0 aliphatic rings. The summed E-state index contributed by atoms with van der Waals surface area (Å²) >= 11 is 0. The van der Waals surface area contributed by atoms with Gasteiger partial charge in [0.15, 0.2) is 0 Å². The molecule has 6 nitrogen and oxygen atoms in total. The number of rotatable bonds is 7. The highest BCUT2D eigenvalue weighted by Gasteiger charge is 2.15. The Morgan fingerprint density at radius 3 is 2.88 bits per heavy atom. The molecule has 6 heteroatoms. The first kappa shape index (κ1) is 12.9. The van der Waals surface area contributed by atoms with Gasteiger partial charge in [-0.3, -0.25) is 0 Å². The third kappa shape index (κ3) is 3.46. The topological polar surface area (TPSA) is 63.4 Å². The predicted molar refractivity (Wildman–Crippen MR) is 61.4 cm³/mol. The van der Waals surface area contributed by atoms with E-state index in [1.165, 1.54) is 0 Å². The molecule has 0 aliphatic carbocycles. The summed E-state index contributed by atoms with van der Waals surface area (Å²) in [5.74, 6) is 0.605. The van der Waals surface area contributed by atoms with E-state index in [0.717, 1.165) is 6.54 Å². The van der Waals surface area contributed by atoms with Crippen LogP contribution in [0.1, 0.15) is 19.7 Å². The molecule has 0 bridgehead atoms. The second-order valence-corrected chi connectivity index (χ2v) is 3.67. The van der Waals surface area contributed by atoms with Crippen LogP contribution in [0.15, 0.2) is 4.42 Å². The van der Waals surface area contributed by atoms with Crippen molar-refractivity contribution in [1.29, 1.82) is 0 Å². The maximum Gasteiger partial charge on any atom is 0.318 e. The number of aromatic nitrogens is 2. The molecule has 1 aromatic heterocycles. The Balaban J connectivity index is 2.55. The number of hydrogen-bond acceptors (Lipinski definition) is 6. The van der Waals surface area contributed by atoms with Gasteiger partial charge in [-0.15, -0.1) is 5.10 Å². The molecule has 1 rings (SSSR count). The fourth-order valence-corrected chi connectivity index (χ4v) is 1.23. The Labute approximate surface area is 96.0 Å². The number of hydrogen-bond donors (Lipinski definition) is 1. The van der Waals surface area contributed by atoms with E-state index in [1.807, 2.05) is 25.8 Å². The van der Waals surface area contributed by atoms with E-state index in [4.69, 9.17) is 9.15 Å². The van der Waals surface area contributed by atoms with Gasteiger partial charge in [-0.05, 0) is 13.5 Å². The van der Waals surface area contributed by atoms with E-state index in [9.17, 15) is 0 Å². The van der Waals surface area contributed by atoms with Crippen molar-refractivity contribution in [1.82, 2.24) is 15.5 Å². The summed E-state index contributed by atoms with van der Waals surface area (Å²) in [4.78, 5) is 1.91. The van der Waals surface area contributed by atoms with Crippen molar-refractivity contribution in [2.75, 3.05) is 32.2 Å². The average molecular weight is 228 g/mol. The Bertz CT molecular complexity index is 303. The lowest BCUT2D eigenvalue weighted by Crippen LogP contribution is -2.32. The largest absolute Gasteiger partial charge is 0.407 e. The van der Waals surface area contributed by atoms with E-state index in [0.29, 0.717) is 25.1 Å². The molecule has 1 atom stereocenters. The number of anilines is 1. The zero-order chi connectivity index (χ0) is 12.0. The first-order valence-corrected chi connectivity index (χ1v) is 5.43. The molecule has 0 fully saturated rings. The molecule has 16 heavy (non-hydrogen) atoms. The van der Waals surface area contributed by atoms with Crippen molar-refractivity contribution in [3.63, 3.8) is 0 Å². The van der Waals surface area contributed by atoms with Gasteiger partial charge in [0.2, 0.25) is 5.89 Å². The number of ether oxygens (including phenoxy) is 1. The minimum absolute atomic E-state index is 0.206. The van der Waals surface area contributed by atoms with Gasteiger partial charge in [0, 0.05) is 14.2 Å². The second kappa shape index (κ2) is 6.44. The van der Waals surface area contributed by atoms with Crippen LogP contribution in [0.5, 0.6) is 0 Å². The van der Waals surface area contributed by atoms with Crippen LogP contribution in [-0.4, -0.2) is 43.5 Å². The van der Waals surface area contributed by atoms with E-state index < -0.39 is 0 Å². The standard InChI is InChI=1S/C10H20N4O2/c1-5-11-6-9-12-13-10(16-9)14(3)8(2)7-15-4/h8,11H,5-7H2,1-4H3. The van der Waals surface area contributed by atoms with E-state index in [1.54, 1.807) is 7.11 Å². The first-order valence-electron chi connectivity index (χ1n) is 5.43. The van der Waals surface area contributed by atoms with Gasteiger partial charge < -0.3 is 19.4 Å². The molecular formula is C10H20N4O2. The zero-order valence-electron chi connectivity index (χ0n) is 10.4. The highest BCUT2D eigenvalue weighted by atomic mass is 16.5. The lowest BCUT2D eigenvalue weighted by atomic mass is 10.3. The molecule has 0 radical (unpaired) electrons. The molecule has 0 spiro atoms. The van der Waals surface area contributed by atoms with Crippen molar-refractivity contribution in [3.05, 3.63) is 5.89 Å². The molecule has 1 heterocycles. The molecule has 0 aliphatic heterocycles. The molecule has 1 N–H and O–H groups in total. The monoisotopic (exact) mass is 228 g/mol. The summed E-state index contributed by atoms with van der Waals surface area (Å²) in [6.45, 7) is 6.19. The Morgan fingerprint density at radius 1 is 1.50 bits per heavy atom. The third-order valence-electron chi connectivity index (χ3n) is 2.35. The molecule has 92 valence electrons. The number of methoxy groups -OCH3 is 1. The summed E-state index contributed by atoms with van der Waals surface area (Å²) < 4.78 is 10.6. The molecular weight excluding hydrogens is 208 g/mol. The van der Waals surface area contributed by atoms with Gasteiger partial charge in [-0.25, -0.2) is 0 Å². The van der Waals surface area contributed by atoms with Crippen LogP contribution < -0.4 is 10.2 Å². The Morgan fingerprint density at radius 2 is 2.25 bits per heavy atom. The highest BCUT2D eigenvalue weighted by Crippen LogP contribution is 2.13. The summed E-state index contributed by atoms with van der Waals surface area (Å²) in [6, 6.07) is 0.731. The van der Waals surface area contributed by atoms with Crippen molar-refractivity contribution in [3.8, 4) is 0 Å². The van der Waals surface area contributed by atoms with Crippen LogP contribution in [-0.2, 0) is 11.3 Å². The van der Waals surface area contributed by atoms with Crippen molar-refractivity contribution in [2.24, 2.45) is 0 Å². The summed E-state index contributed by atoms with van der Waals surface area (Å²) in [7, 11) is 3.59. The summed E-state index contributed by atoms with van der Waals surface area (Å²) in [5.41, 5.74) is 0. The third-order valence-corrected chi connectivity index (χ3v) is 2.35. The average Bonchev–Trinajstić information content (AvgIpc) is 2.74. The second-order valence-electron chi connectivity index (χ2n) is 3.67. The van der Waals surface area contributed by atoms with Crippen molar-refractivity contribution < 1.29 is 9.15 Å². The minimum atomic E-state index is 0.206. The maximum absolute atomic E-state index is 5.50. The van der Waals surface area contributed by atoms with Gasteiger partial charge in [0.1, 0.15) is 0 Å². The molecule has 0 aromatic carbocycles. The van der Waals surface area contributed by atoms with Gasteiger partial charge in [0.05, 0.1) is 19.2 Å². The maximum atomic E-state index is 5.50. The SMILES string of the molecule is CCNCc1nnc(N(C)C(C)COC)o1. The molecule has 0 saturated heterocycles. The molecule has 0 amide bonds. The van der Waals surface area contributed by atoms with E-state index in [-0.39, 0.29) is 6.04 Å². The Kier molecular flexibility index (Phi) is 5.21. The van der Waals surface area contributed by atoms with Crippen LogP contribution in [0, 0.1) is 0 Å². The lowest BCUT2D eigenvalue weighted by molar-refractivity contribution is 0.181. The van der Waals surface area contributed by atoms with Gasteiger partial charge in [0.25, 0.3) is 0 Å². The van der Waals surface area contributed by atoms with E-state index in [2.05, 4.69) is 15.5 Å². The number of nitrogens with zero attached hydrogens (tertiary/aromatic N) is 3. The lowest BCUT2D eigenvalue weighted by Gasteiger charge is -2.21. The Hall–Kier alpha value is -1.14. The van der Waals surface area contributed by atoms with Crippen LogP contribution in [0.3, 0.4) is 0 Å². The quantitative estimate of drug-likeness (QED) is 0.739. The fraction of sp³-hybridized carbons (Fsp3) is 0.800. The van der Waals surface area contributed by atoms with Gasteiger partial charge >= 0.3 is 6.01 Å².